The lowest BCUT2D eigenvalue weighted by Gasteiger charge is -2.30. The molecule has 0 radical (unpaired) electrons. The number of allylic oxidation sites excluding steroid dienone is 1. The Morgan fingerprint density at radius 1 is 1.15 bits per heavy atom. The van der Waals surface area contributed by atoms with Gasteiger partial charge in [0.2, 0.25) is 0 Å². The second-order valence-corrected chi connectivity index (χ2v) is 7.15. The van der Waals surface area contributed by atoms with Gasteiger partial charge >= 0.3 is 12.0 Å². The van der Waals surface area contributed by atoms with E-state index in [4.69, 9.17) is 9.47 Å². The molecule has 1 aromatic rings. The Hall–Kier alpha value is -2.50. The van der Waals surface area contributed by atoms with Crippen LogP contribution >= 0.6 is 0 Å². The molecule has 2 N–H and O–H groups in total. The average molecular weight is 372 g/mol. The highest BCUT2D eigenvalue weighted by Crippen LogP contribution is 2.30. The molecule has 2 amide bonds. The normalized spacial score (nSPS) is 20.7. The third kappa shape index (κ3) is 4.81. The fraction of sp³-hybridized carbons (Fsp3) is 0.524. The molecule has 1 saturated carbocycles. The first-order chi connectivity index (χ1) is 13.1. The molecule has 1 aromatic carbocycles. The van der Waals surface area contributed by atoms with Crippen LogP contribution in [0.4, 0.5) is 4.79 Å². The van der Waals surface area contributed by atoms with E-state index in [1.165, 1.54) is 6.42 Å². The maximum Gasteiger partial charge on any atom is 0.338 e. The molecule has 6 nitrogen and oxygen atoms in total. The Bertz CT molecular complexity index is 705. The van der Waals surface area contributed by atoms with Crippen molar-refractivity contribution in [2.75, 3.05) is 6.61 Å². The van der Waals surface area contributed by atoms with E-state index >= 15 is 0 Å². The number of rotatable bonds is 6. The first-order valence-electron chi connectivity index (χ1n) is 9.80. The van der Waals surface area contributed by atoms with Crippen LogP contribution in [0.2, 0.25) is 0 Å². The number of hydrogen-bond donors (Lipinski definition) is 2. The predicted octanol–water partition coefficient (Wildman–Crippen LogP) is 3.98. The Morgan fingerprint density at radius 3 is 2.52 bits per heavy atom. The third-order valence-electron chi connectivity index (χ3n) is 5.00. The Kier molecular flexibility index (Phi) is 6.37. The molecule has 1 aliphatic heterocycles. The summed E-state index contributed by atoms with van der Waals surface area (Å²) in [6.45, 7) is 4.44. The zero-order valence-corrected chi connectivity index (χ0v) is 16.0. The highest BCUT2D eigenvalue weighted by molar-refractivity contribution is 5.95. The van der Waals surface area contributed by atoms with Crippen molar-refractivity contribution in [3.8, 4) is 5.75 Å². The fourth-order valence-electron chi connectivity index (χ4n) is 3.59. The summed E-state index contributed by atoms with van der Waals surface area (Å²) in [5.41, 5.74) is 1.82. The van der Waals surface area contributed by atoms with Gasteiger partial charge in [0, 0.05) is 5.70 Å². The highest BCUT2D eigenvalue weighted by atomic mass is 16.5. The largest absolute Gasteiger partial charge is 0.494 e. The lowest BCUT2D eigenvalue weighted by molar-refractivity contribution is -0.146. The molecular weight excluding hydrogens is 344 g/mol. The number of benzene rings is 1. The minimum atomic E-state index is -0.532. The highest BCUT2D eigenvalue weighted by Gasteiger charge is 2.33. The van der Waals surface area contributed by atoms with Crippen LogP contribution in [0.1, 0.15) is 64.0 Å². The quantitative estimate of drug-likeness (QED) is 0.741. The Labute approximate surface area is 160 Å². The monoisotopic (exact) mass is 372 g/mol. The van der Waals surface area contributed by atoms with Gasteiger partial charge in [-0.2, -0.15) is 0 Å². The van der Waals surface area contributed by atoms with Crippen molar-refractivity contribution in [3.63, 3.8) is 0 Å². The third-order valence-corrected chi connectivity index (χ3v) is 5.00. The van der Waals surface area contributed by atoms with Crippen LogP contribution < -0.4 is 15.4 Å². The van der Waals surface area contributed by atoms with Gasteiger partial charge in [0.25, 0.3) is 0 Å². The van der Waals surface area contributed by atoms with E-state index < -0.39 is 6.04 Å². The van der Waals surface area contributed by atoms with Crippen molar-refractivity contribution in [2.24, 2.45) is 0 Å². The average Bonchev–Trinajstić information content (AvgIpc) is 2.67. The summed E-state index contributed by atoms with van der Waals surface area (Å²) in [7, 11) is 0. The van der Waals surface area contributed by atoms with Gasteiger partial charge in [-0.05, 0) is 56.7 Å². The van der Waals surface area contributed by atoms with Gasteiger partial charge in [-0.15, -0.1) is 0 Å². The van der Waals surface area contributed by atoms with Crippen molar-refractivity contribution in [2.45, 2.75) is 64.5 Å². The van der Waals surface area contributed by atoms with E-state index in [0.717, 1.165) is 43.4 Å². The van der Waals surface area contributed by atoms with Crippen molar-refractivity contribution < 1.29 is 19.1 Å². The minimum absolute atomic E-state index is 0.0327. The van der Waals surface area contributed by atoms with Crippen molar-refractivity contribution in [1.82, 2.24) is 10.6 Å². The van der Waals surface area contributed by atoms with Crippen LogP contribution in [0.3, 0.4) is 0 Å². The maximum absolute atomic E-state index is 12.9. The molecule has 1 heterocycles. The lowest BCUT2D eigenvalue weighted by Crippen LogP contribution is -2.45. The zero-order chi connectivity index (χ0) is 19.2. The molecule has 0 bridgehead atoms. The fourth-order valence-corrected chi connectivity index (χ4v) is 3.59. The van der Waals surface area contributed by atoms with Gasteiger partial charge in [0.05, 0.1) is 18.2 Å². The van der Waals surface area contributed by atoms with Crippen LogP contribution in [-0.4, -0.2) is 24.7 Å². The van der Waals surface area contributed by atoms with E-state index in [1.54, 1.807) is 6.92 Å². The number of hydrogen-bond acceptors (Lipinski definition) is 4. The maximum atomic E-state index is 12.9. The first kappa shape index (κ1) is 19.3. The van der Waals surface area contributed by atoms with Crippen LogP contribution in [0.25, 0.3) is 0 Å². The SMILES string of the molecule is CCCOc1ccc([C@H]2NC(=O)NC(C)=C2C(=O)OC2CCCCC2)cc1. The van der Waals surface area contributed by atoms with Gasteiger partial charge in [0.15, 0.2) is 0 Å². The summed E-state index contributed by atoms with van der Waals surface area (Å²) >= 11 is 0. The standard InChI is InChI=1S/C21H28N2O4/c1-3-13-26-16-11-9-15(10-12-16)19-18(14(2)22-21(25)23-19)20(24)27-17-7-5-4-6-8-17/h9-12,17,19H,3-8,13H2,1-2H3,(H2,22,23,25)/t19-/m1/s1. The molecule has 1 atom stereocenters. The molecule has 0 aromatic heterocycles. The summed E-state index contributed by atoms with van der Waals surface area (Å²) in [6, 6.07) is 6.62. The summed E-state index contributed by atoms with van der Waals surface area (Å²) < 4.78 is 11.4. The summed E-state index contributed by atoms with van der Waals surface area (Å²) in [4.78, 5) is 24.9. The van der Waals surface area contributed by atoms with Crippen LogP contribution in [0.5, 0.6) is 5.75 Å². The molecule has 3 rings (SSSR count). The van der Waals surface area contributed by atoms with E-state index in [-0.39, 0.29) is 18.1 Å². The Balaban J connectivity index is 1.79. The molecule has 2 aliphatic rings. The summed E-state index contributed by atoms with van der Waals surface area (Å²) in [5.74, 6) is 0.413. The van der Waals surface area contributed by atoms with E-state index in [1.807, 2.05) is 24.3 Å². The summed E-state index contributed by atoms with van der Waals surface area (Å²) in [6.07, 6.45) is 6.10. The topological polar surface area (TPSA) is 76.7 Å². The molecule has 0 saturated heterocycles. The smallest absolute Gasteiger partial charge is 0.338 e. The van der Waals surface area contributed by atoms with Gasteiger partial charge in [0.1, 0.15) is 11.9 Å². The number of nitrogens with one attached hydrogen (secondary N) is 2. The van der Waals surface area contributed by atoms with Gasteiger partial charge in [-0.1, -0.05) is 25.5 Å². The van der Waals surface area contributed by atoms with Gasteiger partial charge in [-0.3, -0.25) is 0 Å². The molecule has 1 aliphatic carbocycles. The number of carbonyl (C=O) groups is 2. The van der Waals surface area contributed by atoms with Crippen molar-refractivity contribution >= 4 is 12.0 Å². The molecule has 0 spiro atoms. The molecule has 1 fully saturated rings. The van der Waals surface area contributed by atoms with Crippen molar-refractivity contribution in [1.29, 1.82) is 0 Å². The molecule has 27 heavy (non-hydrogen) atoms. The predicted molar refractivity (Wildman–Crippen MR) is 102 cm³/mol. The Morgan fingerprint density at radius 2 is 1.85 bits per heavy atom. The molecular formula is C21H28N2O4. The molecule has 0 unspecified atom stereocenters. The van der Waals surface area contributed by atoms with Crippen LogP contribution in [0, 0.1) is 0 Å². The molecule has 146 valence electrons. The van der Waals surface area contributed by atoms with Crippen molar-refractivity contribution in [3.05, 3.63) is 41.1 Å². The number of amides is 2. The van der Waals surface area contributed by atoms with Crippen LogP contribution in [-0.2, 0) is 9.53 Å². The second-order valence-electron chi connectivity index (χ2n) is 7.15. The van der Waals surface area contributed by atoms with E-state index in [2.05, 4.69) is 17.6 Å². The van der Waals surface area contributed by atoms with E-state index in [9.17, 15) is 9.59 Å². The van der Waals surface area contributed by atoms with E-state index in [0.29, 0.717) is 17.9 Å². The van der Waals surface area contributed by atoms with Gasteiger partial charge in [-0.25, -0.2) is 9.59 Å². The minimum Gasteiger partial charge on any atom is -0.494 e. The molecule has 6 heteroatoms. The second kappa shape index (κ2) is 8.93. The van der Waals surface area contributed by atoms with Gasteiger partial charge < -0.3 is 20.1 Å². The van der Waals surface area contributed by atoms with Crippen LogP contribution in [0.15, 0.2) is 35.5 Å². The first-order valence-corrected chi connectivity index (χ1v) is 9.80. The number of carbonyl (C=O) groups excluding carboxylic acids is 2. The number of esters is 1. The lowest BCUT2D eigenvalue weighted by atomic mass is 9.94. The number of ether oxygens (including phenoxy) is 2. The summed E-state index contributed by atoms with van der Waals surface area (Å²) in [5, 5.41) is 5.53. The number of urea groups is 1. The zero-order valence-electron chi connectivity index (χ0n) is 16.0.